The minimum Gasteiger partial charge on any atom is -0.462 e. The van der Waals surface area contributed by atoms with Crippen LogP contribution in [0.5, 0.6) is 0 Å². The van der Waals surface area contributed by atoms with E-state index in [9.17, 15) is 4.79 Å². The molecular formula is C17H20N6O2. The number of carbonyl (C=O) groups excluding carboxylic acids is 1. The number of nitrogens with zero attached hydrogens (tertiary/aromatic N) is 3. The zero-order valence-corrected chi connectivity index (χ0v) is 13.9. The van der Waals surface area contributed by atoms with Gasteiger partial charge in [0.05, 0.1) is 12.2 Å². The number of anilines is 4. The number of esters is 1. The lowest BCUT2D eigenvalue weighted by atomic mass is 10.0. The number of hydrogen-bond donors (Lipinski definition) is 3. The van der Waals surface area contributed by atoms with Crippen molar-refractivity contribution in [3.63, 3.8) is 0 Å². The van der Waals surface area contributed by atoms with Crippen LogP contribution < -0.4 is 21.7 Å². The Hall–Kier alpha value is -3.03. The Morgan fingerprint density at radius 3 is 2.80 bits per heavy atom. The SMILES string of the molecule is CCOC(=O)c1ccc(N2CCC3c4c(N)nc(N)nc4NC32)cc1. The first-order valence-electron chi connectivity index (χ1n) is 8.31. The maximum atomic E-state index is 11.8. The van der Waals surface area contributed by atoms with Crippen LogP contribution in [-0.4, -0.2) is 35.3 Å². The van der Waals surface area contributed by atoms with Crippen LogP contribution in [0.4, 0.5) is 23.3 Å². The average Bonchev–Trinajstić information content (AvgIpc) is 3.13. The average molecular weight is 340 g/mol. The lowest BCUT2D eigenvalue weighted by Gasteiger charge is -2.26. The molecule has 0 amide bonds. The third-order valence-corrected chi connectivity index (χ3v) is 4.76. The molecule has 0 bridgehead atoms. The number of fused-ring (bicyclic) bond motifs is 3. The molecule has 2 aliphatic rings. The van der Waals surface area contributed by atoms with Crippen LogP contribution in [0.25, 0.3) is 0 Å². The quantitative estimate of drug-likeness (QED) is 0.720. The maximum Gasteiger partial charge on any atom is 0.338 e. The van der Waals surface area contributed by atoms with E-state index in [0.717, 1.165) is 24.2 Å². The second-order valence-electron chi connectivity index (χ2n) is 6.17. The van der Waals surface area contributed by atoms with E-state index in [1.54, 1.807) is 19.1 Å². The van der Waals surface area contributed by atoms with Crippen molar-refractivity contribution in [2.75, 3.05) is 34.8 Å². The number of nitrogens with one attached hydrogen (secondary N) is 1. The van der Waals surface area contributed by atoms with Crippen molar-refractivity contribution in [2.24, 2.45) is 0 Å². The number of hydrogen-bond acceptors (Lipinski definition) is 8. The van der Waals surface area contributed by atoms with Crippen molar-refractivity contribution >= 4 is 29.2 Å². The summed E-state index contributed by atoms with van der Waals surface area (Å²) < 4.78 is 5.02. The van der Waals surface area contributed by atoms with Crippen LogP contribution in [0, 0.1) is 0 Å². The van der Waals surface area contributed by atoms with Gasteiger partial charge >= 0.3 is 5.97 Å². The Bertz CT molecular complexity index is 823. The summed E-state index contributed by atoms with van der Waals surface area (Å²) in [7, 11) is 0. The monoisotopic (exact) mass is 340 g/mol. The number of benzene rings is 1. The van der Waals surface area contributed by atoms with Gasteiger partial charge in [-0.05, 0) is 37.6 Å². The third-order valence-electron chi connectivity index (χ3n) is 4.76. The number of nitrogen functional groups attached to an aromatic ring is 2. The number of ether oxygens (including phenoxy) is 1. The van der Waals surface area contributed by atoms with Crippen LogP contribution in [0.1, 0.15) is 35.2 Å². The fourth-order valence-electron chi connectivity index (χ4n) is 3.69. The van der Waals surface area contributed by atoms with Crippen molar-refractivity contribution in [1.29, 1.82) is 0 Å². The van der Waals surface area contributed by atoms with Gasteiger partial charge in [0.15, 0.2) is 0 Å². The molecule has 130 valence electrons. The zero-order valence-electron chi connectivity index (χ0n) is 13.9. The van der Waals surface area contributed by atoms with Gasteiger partial charge in [-0.1, -0.05) is 0 Å². The molecule has 5 N–H and O–H groups in total. The molecule has 1 fully saturated rings. The fraction of sp³-hybridized carbons (Fsp3) is 0.353. The Balaban J connectivity index is 1.58. The molecule has 2 unspecified atom stereocenters. The summed E-state index contributed by atoms with van der Waals surface area (Å²) in [5.74, 6) is 1.25. The smallest absolute Gasteiger partial charge is 0.338 e. The lowest BCUT2D eigenvalue weighted by molar-refractivity contribution is 0.0526. The van der Waals surface area contributed by atoms with E-state index in [0.29, 0.717) is 23.8 Å². The molecule has 0 saturated carbocycles. The highest BCUT2D eigenvalue weighted by Crippen LogP contribution is 2.46. The number of nitrogens with two attached hydrogens (primary N) is 2. The molecule has 1 aromatic carbocycles. The van der Waals surface area contributed by atoms with Crippen LogP contribution >= 0.6 is 0 Å². The van der Waals surface area contributed by atoms with E-state index < -0.39 is 0 Å². The van der Waals surface area contributed by atoms with Crippen molar-refractivity contribution < 1.29 is 9.53 Å². The topological polar surface area (TPSA) is 119 Å². The van der Waals surface area contributed by atoms with Gasteiger partial charge in [-0.2, -0.15) is 9.97 Å². The highest BCUT2D eigenvalue weighted by atomic mass is 16.5. The van der Waals surface area contributed by atoms with E-state index in [4.69, 9.17) is 16.2 Å². The molecule has 3 heterocycles. The van der Waals surface area contributed by atoms with E-state index in [2.05, 4.69) is 20.2 Å². The van der Waals surface area contributed by atoms with E-state index in [-0.39, 0.29) is 24.0 Å². The van der Waals surface area contributed by atoms with Crippen molar-refractivity contribution in [3.05, 3.63) is 35.4 Å². The molecule has 25 heavy (non-hydrogen) atoms. The van der Waals surface area contributed by atoms with Gasteiger partial charge in [-0.25, -0.2) is 4.79 Å². The highest BCUT2D eigenvalue weighted by Gasteiger charge is 2.43. The Labute approximate surface area is 145 Å². The molecule has 2 aromatic rings. The van der Waals surface area contributed by atoms with Crippen molar-refractivity contribution in [2.45, 2.75) is 25.4 Å². The molecule has 1 saturated heterocycles. The molecular weight excluding hydrogens is 320 g/mol. The molecule has 2 atom stereocenters. The Morgan fingerprint density at radius 1 is 1.32 bits per heavy atom. The Kier molecular flexibility index (Phi) is 3.60. The largest absolute Gasteiger partial charge is 0.462 e. The van der Waals surface area contributed by atoms with E-state index >= 15 is 0 Å². The molecule has 2 aliphatic heterocycles. The van der Waals surface area contributed by atoms with E-state index in [1.807, 2.05) is 12.1 Å². The lowest BCUT2D eigenvalue weighted by Crippen LogP contribution is -2.35. The van der Waals surface area contributed by atoms with Crippen LogP contribution in [0.15, 0.2) is 24.3 Å². The summed E-state index contributed by atoms with van der Waals surface area (Å²) in [6.45, 7) is 3.04. The number of rotatable bonds is 3. The predicted molar refractivity (Wildman–Crippen MR) is 95.4 cm³/mol. The van der Waals surface area contributed by atoms with Gasteiger partial charge in [0.1, 0.15) is 17.8 Å². The van der Waals surface area contributed by atoms with Crippen LogP contribution in [-0.2, 0) is 4.74 Å². The molecule has 4 rings (SSSR count). The first-order valence-corrected chi connectivity index (χ1v) is 8.31. The summed E-state index contributed by atoms with van der Waals surface area (Å²) >= 11 is 0. The second-order valence-corrected chi connectivity index (χ2v) is 6.17. The first kappa shape index (κ1) is 15.5. The van der Waals surface area contributed by atoms with Gasteiger partial charge in [-0.3, -0.25) is 0 Å². The molecule has 8 nitrogen and oxygen atoms in total. The van der Waals surface area contributed by atoms with Crippen molar-refractivity contribution in [1.82, 2.24) is 9.97 Å². The number of carbonyl (C=O) groups is 1. The second kappa shape index (κ2) is 5.80. The van der Waals surface area contributed by atoms with Gasteiger partial charge in [0.25, 0.3) is 0 Å². The summed E-state index contributed by atoms with van der Waals surface area (Å²) in [5.41, 5.74) is 14.3. The maximum absolute atomic E-state index is 11.8. The fourth-order valence-corrected chi connectivity index (χ4v) is 3.69. The molecule has 8 heteroatoms. The van der Waals surface area contributed by atoms with Gasteiger partial charge in [-0.15, -0.1) is 0 Å². The summed E-state index contributed by atoms with van der Waals surface area (Å²) in [6.07, 6.45) is 1.00. The molecule has 1 aromatic heterocycles. The minimum atomic E-state index is -0.307. The van der Waals surface area contributed by atoms with Crippen molar-refractivity contribution in [3.8, 4) is 0 Å². The van der Waals surface area contributed by atoms with Crippen LogP contribution in [0.2, 0.25) is 0 Å². The Morgan fingerprint density at radius 2 is 2.08 bits per heavy atom. The molecule has 0 spiro atoms. The third kappa shape index (κ3) is 2.50. The van der Waals surface area contributed by atoms with Gasteiger partial charge < -0.3 is 26.4 Å². The summed E-state index contributed by atoms with van der Waals surface area (Å²) in [4.78, 5) is 22.4. The van der Waals surface area contributed by atoms with E-state index in [1.165, 1.54) is 0 Å². The van der Waals surface area contributed by atoms with Gasteiger partial charge in [0.2, 0.25) is 5.95 Å². The standard InChI is InChI=1S/C17H20N6O2/c1-2-25-16(24)9-3-5-10(6-4-9)23-8-7-11-12-13(18)20-17(19)22-14(12)21-15(11)23/h3-6,11,15H,2,7-8H2,1H3,(H5,18,19,20,21,22). The predicted octanol–water partition coefficient (Wildman–Crippen LogP) is 1.56. The van der Waals surface area contributed by atoms with Gasteiger partial charge in [0, 0.05) is 23.7 Å². The highest BCUT2D eigenvalue weighted by molar-refractivity contribution is 5.89. The van der Waals surface area contributed by atoms with Crippen LogP contribution in [0.3, 0.4) is 0 Å². The normalized spacial score (nSPS) is 20.8. The molecule has 0 aliphatic carbocycles. The molecule has 0 radical (unpaired) electrons. The first-order chi connectivity index (χ1) is 12.1. The number of aromatic nitrogens is 2. The zero-order chi connectivity index (χ0) is 17.6. The minimum absolute atomic E-state index is 0.0573. The summed E-state index contributed by atoms with van der Waals surface area (Å²) in [5, 5.41) is 3.41. The summed E-state index contributed by atoms with van der Waals surface area (Å²) in [6, 6.07) is 7.44.